The first-order valence-electron chi connectivity index (χ1n) is 6.35. The summed E-state index contributed by atoms with van der Waals surface area (Å²) >= 11 is 5.87. The fraction of sp³-hybridized carbons (Fsp3) is 0.417. The molecule has 120 valence electrons. The van der Waals surface area contributed by atoms with Crippen LogP contribution in [0.2, 0.25) is 5.02 Å². The predicted octanol–water partition coefficient (Wildman–Crippen LogP) is 1.79. The third-order valence-electron chi connectivity index (χ3n) is 3.44. The van der Waals surface area contributed by atoms with Crippen LogP contribution in [-0.4, -0.2) is 41.3 Å². The van der Waals surface area contributed by atoms with Crippen molar-refractivity contribution in [3.8, 4) is 0 Å². The molecule has 0 aliphatic carbocycles. The maximum absolute atomic E-state index is 12.7. The van der Waals surface area contributed by atoms with E-state index in [1.54, 1.807) is 0 Å². The van der Waals surface area contributed by atoms with Crippen LogP contribution in [0.15, 0.2) is 17.0 Å². The van der Waals surface area contributed by atoms with Gasteiger partial charge in [0, 0.05) is 12.6 Å². The Hall–Kier alpha value is -1.71. The molecule has 0 aromatic heterocycles. The molecule has 1 atom stereocenters. The summed E-state index contributed by atoms with van der Waals surface area (Å²) in [6, 6.07) is 1.20. The quantitative estimate of drug-likeness (QED) is 0.654. The molecule has 1 aliphatic rings. The van der Waals surface area contributed by atoms with Crippen LogP contribution in [0.5, 0.6) is 0 Å². The zero-order valence-corrected chi connectivity index (χ0v) is 13.1. The lowest BCUT2D eigenvalue weighted by Crippen LogP contribution is -2.40. The number of aryl methyl sites for hydroxylation is 1. The number of carboxylic acid groups (broad SMARTS) is 1. The van der Waals surface area contributed by atoms with Gasteiger partial charge in [-0.2, -0.15) is 4.31 Å². The van der Waals surface area contributed by atoms with Gasteiger partial charge in [-0.15, -0.1) is 0 Å². The minimum absolute atomic E-state index is 0.0391. The van der Waals surface area contributed by atoms with E-state index in [0.29, 0.717) is 12.0 Å². The molecule has 1 fully saturated rings. The predicted molar refractivity (Wildman–Crippen MR) is 77.4 cm³/mol. The van der Waals surface area contributed by atoms with Crippen molar-refractivity contribution in [3.63, 3.8) is 0 Å². The SMILES string of the molecule is Cc1cc([N+](=O)[O-])c(Cl)c(S(=O)(=O)N2CCC[C@@H]2C(=O)O)c1. The Morgan fingerprint density at radius 1 is 1.50 bits per heavy atom. The molecule has 1 aromatic carbocycles. The first kappa shape index (κ1) is 16.7. The molecular formula is C12H13ClN2O6S. The van der Waals surface area contributed by atoms with Crippen molar-refractivity contribution in [3.05, 3.63) is 32.8 Å². The molecule has 2 rings (SSSR count). The molecular weight excluding hydrogens is 336 g/mol. The molecule has 8 nitrogen and oxygen atoms in total. The van der Waals surface area contributed by atoms with Crippen LogP contribution in [0.4, 0.5) is 5.69 Å². The maximum Gasteiger partial charge on any atom is 0.322 e. The number of sulfonamides is 1. The molecule has 0 amide bonds. The molecule has 1 N–H and O–H groups in total. The second-order valence-electron chi connectivity index (χ2n) is 4.97. The summed E-state index contributed by atoms with van der Waals surface area (Å²) in [5.74, 6) is -1.25. The van der Waals surface area contributed by atoms with Crippen molar-refractivity contribution in [2.75, 3.05) is 6.54 Å². The zero-order chi connectivity index (χ0) is 16.7. The molecule has 10 heteroatoms. The molecule has 0 radical (unpaired) electrons. The fourth-order valence-corrected chi connectivity index (χ4v) is 4.73. The highest BCUT2D eigenvalue weighted by Crippen LogP contribution is 2.36. The van der Waals surface area contributed by atoms with Gasteiger partial charge in [0.05, 0.1) is 4.92 Å². The molecule has 0 bridgehead atoms. The van der Waals surface area contributed by atoms with Gasteiger partial charge < -0.3 is 5.11 Å². The van der Waals surface area contributed by atoms with Crippen molar-refractivity contribution in [2.24, 2.45) is 0 Å². The number of rotatable bonds is 4. The molecule has 1 heterocycles. The van der Waals surface area contributed by atoms with Crippen LogP contribution in [0.1, 0.15) is 18.4 Å². The molecule has 0 unspecified atom stereocenters. The van der Waals surface area contributed by atoms with Crippen molar-refractivity contribution in [1.29, 1.82) is 0 Å². The van der Waals surface area contributed by atoms with Gasteiger partial charge in [-0.05, 0) is 31.4 Å². The number of hydrogen-bond acceptors (Lipinski definition) is 5. The lowest BCUT2D eigenvalue weighted by atomic mass is 10.2. The molecule has 1 aliphatic heterocycles. The van der Waals surface area contributed by atoms with Gasteiger partial charge in [-0.3, -0.25) is 14.9 Å². The van der Waals surface area contributed by atoms with E-state index in [1.165, 1.54) is 19.1 Å². The van der Waals surface area contributed by atoms with Gasteiger partial charge in [0.2, 0.25) is 10.0 Å². The van der Waals surface area contributed by atoms with E-state index in [4.69, 9.17) is 16.7 Å². The van der Waals surface area contributed by atoms with Crippen LogP contribution in [0, 0.1) is 17.0 Å². The van der Waals surface area contributed by atoms with E-state index in [1.807, 2.05) is 0 Å². The van der Waals surface area contributed by atoms with Crippen molar-refractivity contribution in [1.82, 2.24) is 4.31 Å². The van der Waals surface area contributed by atoms with Gasteiger partial charge in [0.25, 0.3) is 5.69 Å². The minimum Gasteiger partial charge on any atom is -0.480 e. The Balaban J connectivity index is 2.59. The number of hydrogen-bond donors (Lipinski definition) is 1. The first-order chi connectivity index (χ1) is 10.2. The highest BCUT2D eigenvalue weighted by atomic mass is 35.5. The monoisotopic (exact) mass is 348 g/mol. The summed E-state index contributed by atoms with van der Waals surface area (Å²) in [7, 11) is -4.23. The Morgan fingerprint density at radius 3 is 2.68 bits per heavy atom. The summed E-state index contributed by atoms with van der Waals surface area (Å²) in [6.07, 6.45) is 0.599. The summed E-state index contributed by atoms with van der Waals surface area (Å²) < 4.78 is 26.1. The van der Waals surface area contributed by atoms with Gasteiger partial charge in [-0.25, -0.2) is 8.42 Å². The Morgan fingerprint density at radius 2 is 2.14 bits per heavy atom. The van der Waals surface area contributed by atoms with E-state index in [0.717, 1.165) is 4.31 Å². The largest absolute Gasteiger partial charge is 0.480 e. The molecule has 22 heavy (non-hydrogen) atoms. The number of carbonyl (C=O) groups is 1. The number of nitro benzene ring substituents is 1. The summed E-state index contributed by atoms with van der Waals surface area (Å²) in [4.78, 5) is 20.9. The van der Waals surface area contributed by atoms with Gasteiger partial charge >= 0.3 is 5.97 Å². The first-order valence-corrected chi connectivity index (χ1v) is 8.17. The zero-order valence-electron chi connectivity index (χ0n) is 11.5. The highest BCUT2D eigenvalue weighted by molar-refractivity contribution is 7.89. The van der Waals surface area contributed by atoms with Crippen LogP contribution in [0.3, 0.4) is 0 Å². The highest BCUT2D eigenvalue weighted by Gasteiger charge is 2.41. The standard InChI is InChI=1S/C12H13ClN2O6S/c1-7-5-9(15(18)19)11(13)10(6-7)22(20,21)14-4-2-3-8(14)12(16)17/h5-6,8H,2-4H2,1H3,(H,16,17)/t8-/m1/s1. The van der Waals surface area contributed by atoms with Crippen molar-refractivity contribution in [2.45, 2.75) is 30.7 Å². The lowest BCUT2D eigenvalue weighted by molar-refractivity contribution is -0.385. The van der Waals surface area contributed by atoms with Crippen LogP contribution in [-0.2, 0) is 14.8 Å². The van der Waals surface area contributed by atoms with Gasteiger partial charge in [0.1, 0.15) is 16.0 Å². The Labute approximate surface area is 131 Å². The number of aliphatic carboxylic acids is 1. The second kappa shape index (κ2) is 5.82. The number of nitro groups is 1. The average Bonchev–Trinajstić information content (AvgIpc) is 2.90. The van der Waals surface area contributed by atoms with Crippen molar-refractivity contribution < 1.29 is 23.2 Å². The van der Waals surface area contributed by atoms with Crippen molar-refractivity contribution >= 4 is 33.3 Å². The van der Waals surface area contributed by atoms with E-state index < -0.39 is 42.6 Å². The molecule has 1 aromatic rings. The average molecular weight is 349 g/mol. The van der Waals surface area contributed by atoms with Crippen LogP contribution in [0.25, 0.3) is 0 Å². The molecule has 0 saturated carbocycles. The fourth-order valence-electron chi connectivity index (χ4n) is 2.44. The summed E-state index contributed by atoms with van der Waals surface area (Å²) in [5, 5.41) is 19.6. The van der Waals surface area contributed by atoms with E-state index >= 15 is 0 Å². The topological polar surface area (TPSA) is 118 Å². The number of carboxylic acids is 1. The minimum atomic E-state index is -4.23. The Bertz CT molecular complexity index is 748. The van der Waals surface area contributed by atoms with E-state index in [2.05, 4.69) is 0 Å². The summed E-state index contributed by atoms with van der Waals surface area (Å²) in [6.45, 7) is 1.54. The maximum atomic E-state index is 12.7. The lowest BCUT2D eigenvalue weighted by Gasteiger charge is -2.21. The normalized spacial score (nSPS) is 19.3. The van der Waals surface area contributed by atoms with Gasteiger partial charge in [0.15, 0.2) is 0 Å². The third kappa shape index (κ3) is 2.79. The number of nitrogens with zero attached hydrogens (tertiary/aromatic N) is 2. The Kier molecular flexibility index (Phi) is 4.41. The van der Waals surface area contributed by atoms with Crippen LogP contribution >= 0.6 is 11.6 Å². The smallest absolute Gasteiger partial charge is 0.322 e. The molecule has 0 spiro atoms. The summed E-state index contributed by atoms with van der Waals surface area (Å²) in [5.41, 5.74) is -0.174. The van der Waals surface area contributed by atoms with Crippen LogP contribution < -0.4 is 0 Å². The second-order valence-corrected chi connectivity index (χ2v) is 7.20. The third-order valence-corrected chi connectivity index (χ3v) is 5.88. The molecule has 1 saturated heterocycles. The number of halogens is 1. The van der Waals surface area contributed by atoms with E-state index in [9.17, 15) is 23.3 Å². The number of benzene rings is 1. The van der Waals surface area contributed by atoms with E-state index in [-0.39, 0.29) is 13.0 Å². The van der Waals surface area contributed by atoms with Gasteiger partial charge in [-0.1, -0.05) is 11.6 Å².